The minimum Gasteiger partial charge on any atom is -0.321 e. The van der Waals surface area contributed by atoms with E-state index in [9.17, 15) is 14.4 Å². The van der Waals surface area contributed by atoms with Gasteiger partial charge in [-0.05, 0) is 35.4 Å². The van der Waals surface area contributed by atoms with E-state index in [1.165, 1.54) is 6.08 Å². The third-order valence-electron chi connectivity index (χ3n) is 2.71. The highest BCUT2D eigenvalue weighted by Crippen LogP contribution is 2.25. The van der Waals surface area contributed by atoms with Crippen LogP contribution >= 0.6 is 11.8 Å². The number of aromatic amines is 1. The molecule has 2 aromatic rings. The number of carbonyl (C=O) groups excluding carboxylic acids is 2. The molecule has 19 heavy (non-hydrogen) atoms. The van der Waals surface area contributed by atoms with Crippen molar-refractivity contribution in [3.63, 3.8) is 0 Å². The van der Waals surface area contributed by atoms with E-state index in [4.69, 9.17) is 0 Å². The van der Waals surface area contributed by atoms with E-state index >= 15 is 0 Å². The lowest BCUT2D eigenvalue weighted by Gasteiger charge is -1.99. The van der Waals surface area contributed by atoms with Gasteiger partial charge < -0.3 is 4.98 Å². The Kier molecular flexibility index (Phi) is 2.72. The smallest absolute Gasteiger partial charge is 0.290 e. The van der Waals surface area contributed by atoms with Crippen LogP contribution in [0.3, 0.4) is 0 Å². The molecule has 2 heterocycles. The first-order chi connectivity index (χ1) is 9.13. The van der Waals surface area contributed by atoms with Gasteiger partial charge in [-0.2, -0.15) is 0 Å². The summed E-state index contributed by atoms with van der Waals surface area (Å²) in [4.78, 5) is 37.3. The molecule has 94 valence electrons. The molecule has 2 N–H and O–H groups in total. The molecule has 0 aliphatic carbocycles. The number of fused-ring (bicyclic) bond motifs is 1. The molecule has 1 aromatic heterocycles. The number of amides is 2. The number of hydrogen-bond acceptors (Lipinski definition) is 4. The molecule has 1 aromatic carbocycles. The maximum absolute atomic E-state index is 11.9. The van der Waals surface area contributed by atoms with Gasteiger partial charge in [0.1, 0.15) is 0 Å². The molecule has 0 unspecified atom stereocenters. The van der Waals surface area contributed by atoms with Gasteiger partial charge in [0.2, 0.25) is 0 Å². The summed E-state index contributed by atoms with van der Waals surface area (Å²) in [7, 11) is 0. The second-order valence-electron chi connectivity index (χ2n) is 3.99. The minimum atomic E-state index is -0.470. The van der Waals surface area contributed by atoms with Gasteiger partial charge in [0, 0.05) is 11.1 Å². The molecule has 2 amide bonds. The molecule has 3 rings (SSSR count). The lowest BCUT2D eigenvalue weighted by molar-refractivity contribution is -0.115. The highest BCUT2D eigenvalue weighted by molar-refractivity contribution is 8.18. The molecule has 0 radical (unpaired) electrons. The van der Waals surface area contributed by atoms with Crippen molar-refractivity contribution >= 4 is 39.9 Å². The number of carbonyl (C=O) groups is 2. The molecule has 0 bridgehead atoms. The number of para-hydroxylation sites is 1. The zero-order valence-corrected chi connectivity index (χ0v) is 10.4. The number of H-pyrrole nitrogens is 1. The van der Waals surface area contributed by atoms with Gasteiger partial charge >= 0.3 is 0 Å². The number of rotatable bonds is 1. The van der Waals surface area contributed by atoms with Gasteiger partial charge in [-0.25, -0.2) is 0 Å². The molecule has 0 spiro atoms. The van der Waals surface area contributed by atoms with E-state index in [0.717, 1.165) is 22.7 Å². The van der Waals surface area contributed by atoms with Crippen molar-refractivity contribution in [3.8, 4) is 0 Å². The fourth-order valence-corrected chi connectivity index (χ4v) is 2.51. The molecule has 0 saturated carbocycles. The van der Waals surface area contributed by atoms with E-state index < -0.39 is 11.1 Å². The number of benzene rings is 1. The molecule has 0 atom stereocenters. The first kappa shape index (κ1) is 11.7. The van der Waals surface area contributed by atoms with Crippen LogP contribution in [-0.2, 0) is 4.79 Å². The van der Waals surface area contributed by atoms with Gasteiger partial charge in [0.05, 0.1) is 4.91 Å². The fourth-order valence-electron chi connectivity index (χ4n) is 1.83. The van der Waals surface area contributed by atoms with E-state index in [1.54, 1.807) is 12.1 Å². The minimum absolute atomic E-state index is 0.228. The number of hydrogen-bond donors (Lipinski definition) is 2. The summed E-state index contributed by atoms with van der Waals surface area (Å²) >= 11 is 0.791. The van der Waals surface area contributed by atoms with Crippen molar-refractivity contribution < 1.29 is 9.59 Å². The lowest BCUT2D eigenvalue weighted by atomic mass is 10.1. The maximum atomic E-state index is 11.9. The van der Waals surface area contributed by atoms with Crippen LogP contribution < -0.4 is 10.9 Å². The van der Waals surface area contributed by atoms with Crippen LogP contribution in [0, 0.1) is 0 Å². The van der Waals surface area contributed by atoms with Crippen molar-refractivity contribution in [2.75, 3.05) is 0 Å². The summed E-state index contributed by atoms with van der Waals surface area (Å²) in [6.07, 6.45) is 1.43. The van der Waals surface area contributed by atoms with E-state index in [-0.39, 0.29) is 10.5 Å². The molecule has 1 aliphatic rings. The fraction of sp³-hybridized carbons (Fsp3) is 0. The SMILES string of the molecule is O=C1NC(=O)C(=Cc2cc3ccccc3[nH]c2=O)S1. The average molecular weight is 272 g/mol. The summed E-state index contributed by atoms with van der Waals surface area (Å²) in [5.41, 5.74) is 0.791. The summed E-state index contributed by atoms with van der Waals surface area (Å²) in [6.45, 7) is 0. The van der Waals surface area contributed by atoms with Crippen LogP contribution in [0.4, 0.5) is 4.79 Å². The standard InChI is InChI=1S/C13H8N2O3S/c16-11-8(6-10-12(17)15-13(18)19-10)5-7-3-1-2-4-9(7)14-11/h1-6H,(H,14,16)(H,15,17,18). The lowest BCUT2D eigenvalue weighted by Crippen LogP contribution is -2.18. The molecular weight excluding hydrogens is 264 g/mol. The topological polar surface area (TPSA) is 79.0 Å². The van der Waals surface area contributed by atoms with Crippen molar-refractivity contribution in [1.29, 1.82) is 0 Å². The van der Waals surface area contributed by atoms with Crippen molar-refractivity contribution in [2.24, 2.45) is 0 Å². The van der Waals surface area contributed by atoms with Crippen molar-refractivity contribution in [2.45, 2.75) is 0 Å². The largest absolute Gasteiger partial charge is 0.321 e. The zero-order chi connectivity index (χ0) is 13.4. The third kappa shape index (κ3) is 2.17. The predicted molar refractivity (Wildman–Crippen MR) is 73.7 cm³/mol. The van der Waals surface area contributed by atoms with Crippen molar-refractivity contribution in [3.05, 3.63) is 51.2 Å². The summed E-state index contributed by atoms with van der Waals surface area (Å²) in [5, 5.41) is 2.59. The van der Waals surface area contributed by atoms with Gasteiger partial charge in [-0.1, -0.05) is 18.2 Å². The highest BCUT2D eigenvalue weighted by Gasteiger charge is 2.25. The summed E-state index contributed by atoms with van der Waals surface area (Å²) < 4.78 is 0. The van der Waals surface area contributed by atoms with Crippen LogP contribution in [-0.4, -0.2) is 16.1 Å². The van der Waals surface area contributed by atoms with Crippen LogP contribution in [0.15, 0.2) is 40.0 Å². The van der Waals surface area contributed by atoms with E-state index in [1.807, 2.05) is 18.2 Å². The molecular formula is C13H8N2O3S. The number of aromatic nitrogens is 1. The Hall–Kier alpha value is -2.34. The molecule has 5 nitrogen and oxygen atoms in total. The Labute approximate surface area is 111 Å². The Morgan fingerprint density at radius 1 is 1.11 bits per heavy atom. The average Bonchev–Trinajstić information content (AvgIpc) is 2.69. The normalized spacial score (nSPS) is 17.2. The van der Waals surface area contributed by atoms with Gasteiger partial charge in [-0.3, -0.25) is 19.7 Å². The number of pyridine rings is 1. The van der Waals surface area contributed by atoms with Crippen molar-refractivity contribution in [1.82, 2.24) is 10.3 Å². The van der Waals surface area contributed by atoms with E-state index in [0.29, 0.717) is 5.56 Å². The second-order valence-corrected chi connectivity index (χ2v) is 5.01. The van der Waals surface area contributed by atoms with Gasteiger partial charge in [-0.15, -0.1) is 0 Å². The first-order valence-corrected chi connectivity index (χ1v) is 6.32. The van der Waals surface area contributed by atoms with E-state index in [2.05, 4.69) is 10.3 Å². The molecule has 1 saturated heterocycles. The van der Waals surface area contributed by atoms with Crippen LogP contribution in [0.1, 0.15) is 5.56 Å². The number of nitrogens with one attached hydrogen (secondary N) is 2. The Bertz CT molecular complexity index is 792. The maximum Gasteiger partial charge on any atom is 0.290 e. The highest BCUT2D eigenvalue weighted by atomic mass is 32.2. The second kappa shape index (κ2) is 4.40. The number of thioether (sulfide) groups is 1. The van der Waals surface area contributed by atoms with Gasteiger partial charge in [0.15, 0.2) is 0 Å². The van der Waals surface area contributed by atoms with Crippen LogP contribution in [0.5, 0.6) is 0 Å². The summed E-state index contributed by atoms with van der Waals surface area (Å²) in [6, 6.07) is 9.04. The first-order valence-electron chi connectivity index (χ1n) is 5.50. The zero-order valence-electron chi connectivity index (χ0n) is 9.60. The monoisotopic (exact) mass is 272 g/mol. The Balaban J connectivity index is 2.13. The molecule has 1 aliphatic heterocycles. The Morgan fingerprint density at radius 3 is 2.63 bits per heavy atom. The van der Waals surface area contributed by atoms with Gasteiger partial charge in [0.25, 0.3) is 16.7 Å². The predicted octanol–water partition coefficient (Wildman–Crippen LogP) is 1.85. The quantitative estimate of drug-likeness (QED) is 0.776. The molecule has 1 fully saturated rings. The molecule has 6 heteroatoms. The third-order valence-corrected chi connectivity index (χ3v) is 3.52. The summed E-state index contributed by atoms with van der Waals surface area (Å²) in [5.74, 6) is -0.470. The van der Waals surface area contributed by atoms with Crippen LogP contribution in [0.2, 0.25) is 0 Å². The van der Waals surface area contributed by atoms with Crippen LogP contribution in [0.25, 0.3) is 17.0 Å². The number of imide groups is 1. The Morgan fingerprint density at radius 2 is 1.89 bits per heavy atom.